The van der Waals surface area contributed by atoms with Gasteiger partial charge in [-0.1, -0.05) is 11.8 Å². The summed E-state index contributed by atoms with van der Waals surface area (Å²) in [7, 11) is 0. The third kappa shape index (κ3) is 2.68. The molecule has 0 N–H and O–H groups in total. The number of carbonyl (C=O) groups excluding carboxylic acids is 1. The Morgan fingerprint density at radius 1 is 1.31 bits per heavy atom. The summed E-state index contributed by atoms with van der Waals surface area (Å²) in [5.41, 5.74) is 0.362. The van der Waals surface area contributed by atoms with Crippen molar-refractivity contribution in [2.75, 3.05) is 0 Å². The molecule has 0 aromatic heterocycles. The van der Waals surface area contributed by atoms with Crippen LogP contribution in [0.2, 0.25) is 0 Å². The molecule has 0 aliphatic heterocycles. The van der Waals surface area contributed by atoms with Crippen LogP contribution >= 0.6 is 0 Å². The second-order valence-corrected chi connectivity index (χ2v) is 2.30. The fourth-order valence-corrected chi connectivity index (χ4v) is 0.769. The van der Waals surface area contributed by atoms with Gasteiger partial charge in [0.15, 0.2) is 11.6 Å². The van der Waals surface area contributed by atoms with Crippen LogP contribution < -0.4 is 0 Å². The van der Waals surface area contributed by atoms with Gasteiger partial charge < -0.3 is 4.79 Å². The van der Waals surface area contributed by atoms with Gasteiger partial charge in [-0.05, 0) is 18.2 Å². The summed E-state index contributed by atoms with van der Waals surface area (Å²) in [6.07, 6.45) is 0.742. The van der Waals surface area contributed by atoms with Crippen molar-refractivity contribution in [3.05, 3.63) is 35.4 Å². The summed E-state index contributed by atoms with van der Waals surface area (Å²) >= 11 is 0. The predicted molar refractivity (Wildman–Crippen MR) is 43.9 cm³/mol. The highest BCUT2D eigenvalue weighted by Gasteiger charge is 1.99. The predicted octanol–water partition coefficient (Wildman–Crippen LogP) is 1.91. The Hall–Kier alpha value is -1.69. The highest BCUT2D eigenvalue weighted by atomic mass is 19.2. The summed E-state index contributed by atoms with van der Waals surface area (Å²) in [5, 5.41) is 0. The van der Waals surface area contributed by atoms with Crippen LogP contribution in [0, 0.1) is 23.5 Å². The van der Waals surface area contributed by atoms with Gasteiger partial charge in [0.1, 0.15) is 6.29 Å². The van der Waals surface area contributed by atoms with Crippen LogP contribution in [-0.4, -0.2) is 6.29 Å². The number of benzene rings is 1. The molecule has 0 unspecified atom stereocenters. The second kappa shape index (κ2) is 4.36. The van der Waals surface area contributed by atoms with Gasteiger partial charge in [-0.2, -0.15) is 0 Å². The molecule has 3 heteroatoms. The molecule has 13 heavy (non-hydrogen) atoms. The number of carbonyl (C=O) groups is 1. The molecular formula is C10H6F2O. The van der Waals surface area contributed by atoms with Gasteiger partial charge in [0.2, 0.25) is 0 Å². The molecule has 0 heterocycles. The van der Waals surface area contributed by atoms with E-state index in [1.807, 2.05) is 0 Å². The van der Waals surface area contributed by atoms with Gasteiger partial charge in [0.25, 0.3) is 0 Å². The van der Waals surface area contributed by atoms with E-state index < -0.39 is 11.6 Å². The average molecular weight is 180 g/mol. The lowest BCUT2D eigenvalue weighted by Crippen LogP contribution is -1.84. The maximum Gasteiger partial charge on any atom is 0.160 e. The van der Waals surface area contributed by atoms with Crippen molar-refractivity contribution >= 4 is 6.29 Å². The average Bonchev–Trinajstić information content (AvgIpc) is 2.12. The summed E-state index contributed by atoms with van der Waals surface area (Å²) in [6, 6.07) is 3.35. The van der Waals surface area contributed by atoms with E-state index in [4.69, 9.17) is 0 Å². The fourth-order valence-electron chi connectivity index (χ4n) is 0.769. The molecule has 0 aliphatic carbocycles. The maximum atomic E-state index is 12.6. The van der Waals surface area contributed by atoms with E-state index in [1.54, 1.807) is 0 Å². The van der Waals surface area contributed by atoms with E-state index in [2.05, 4.69) is 11.8 Å². The first kappa shape index (κ1) is 9.40. The molecule has 1 aromatic carbocycles. The summed E-state index contributed by atoms with van der Waals surface area (Å²) in [5.74, 6) is 3.18. The lowest BCUT2D eigenvalue weighted by molar-refractivity contribution is -0.107. The Kier molecular flexibility index (Phi) is 3.15. The van der Waals surface area contributed by atoms with Crippen molar-refractivity contribution in [1.29, 1.82) is 0 Å². The quantitative estimate of drug-likeness (QED) is 0.476. The molecule has 1 rings (SSSR count). The zero-order chi connectivity index (χ0) is 9.68. The smallest absolute Gasteiger partial charge is 0.160 e. The Labute approximate surface area is 74.4 Å². The third-order valence-corrected chi connectivity index (χ3v) is 1.34. The minimum atomic E-state index is -0.932. The van der Waals surface area contributed by atoms with Crippen LogP contribution in [0.15, 0.2) is 18.2 Å². The molecule has 0 bridgehead atoms. The molecule has 66 valence electrons. The SMILES string of the molecule is O=CCC#Cc1ccc(F)c(F)c1. The molecule has 0 atom stereocenters. The van der Waals surface area contributed by atoms with Gasteiger partial charge in [-0.15, -0.1) is 0 Å². The van der Waals surface area contributed by atoms with Crippen LogP contribution in [0.4, 0.5) is 8.78 Å². The van der Waals surface area contributed by atoms with E-state index in [1.165, 1.54) is 6.07 Å². The third-order valence-electron chi connectivity index (χ3n) is 1.34. The molecular weight excluding hydrogens is 174 g/mol. The van der Waals surface area contributed by atoms with Crippen molar-refractivity contribution in [2.24, 2.45) is 0 Å². The summed E-state index contributed by atoms with van der Waals surface area (Å²) in [6.45, 7) is 0. The van der Waals surface area contributed by atoms with Crippen LogP contribution in [-0.2, 0) is 4.79 Å². The Morgan fingerprint density at radius 2 is 2.08 bits per heavy atom. The summed E-state index contributed by atoms with van der Waals surface area (Å²) < 4.78 is 25.0. The first-order chi connectivity index (χ1) is 6.24. The molecule has 0 amide bonds. The Morgan fingerprint density at radius 3 is 2.69 bits per heavy atom. The first-order valence-corrected chi connectivity index (χ1v) is 3.61. The van der Waals surface area contributed by atoms with Crippen molar-refractivity contribution < 1.29 is 13.6 Å². The molecule has 1 aromatic rings. The number of halogens is 2. The number of hydrogen-bond donors (Lipinski definition) is 0. The molecule has 0 saturated carbocycles. The monoisotopic (exact) mass is 180 g/mol. The molecule has 0 saturated heterocycles. The van der Waals surface area contributed by atoms with Crippen LogP contribution in [0.3, 0.4) is 0 Å². The normalized spacial score (nSPS) is 8.77. The highest BCUT2D eigenvalue weighted by molar-refractivity contribution is 5.54. The van der Waals surface area contributed by atoms with Gasteiger partial charge in [-0.3, -0.25) is 0 Å². The molecule has 0 aliphatic rings. The van der Waals surface area contributed by atoms with E-state index in [-0.39, 0.29) is 6.42 Å². The van der Waals surface area contributed by atoms with Crippen LogP contribution in [0.5, 0.6) is 0 Å². The largest absolute Gasteiger partial charge is 0.302 e. The van der Waals surface area contributed by atoms with Crippen molar-refractivity contribution in [2.45, 2.75) is 6.42 Å². The van der Waals surface area contributed by atoms with Gasteiger partial charge in [0, 0.05) is 5.56 Å². The number of hydrogen-bond acceptors (Lipinski definition) is 1. The lowest BCUT2D eigenvalue weighted by atomic mass is 10.2. The maximum absolute atomic E-state index is 12.6. The molecule has 1 nitrogen and oxygen atoms in total. The number of rotatable bonds is 1. The zero-order valence-electron chi connectivity index (χ0n) is 6.68. The minimum absolute atomic E-state index is 0.0962. The van der Waals surface area contributed by atoms with Gasteiger partial charge in [0.05, 0.1) is 6.42 Å². The van der Waals surface area contributed by atoms with E-state index in [0.29, 0.717) is 11.8 Å². The topological polar surface area (TPSA) is 17.1 Å². The zero-order valence-corrected chi connectivity index (χ0v) is 6.68. The van der Waals surface area contributed by atoms with Crippen molar-refractivity contribution in [1.82, 2.24) is 0 Å². The van der Waals surface area contributed by atoms with E-state index >= 15 is 0 Å². The van der Waals surface area contributed by atoms with Crippen molar-refractivity contribution in [3.8, 4) is 11.8 Å². The highest BCUT2D eigenvalue weighted by Crippen LogP contribution is 2.07. The number of aldehydes is 1. The Bertz CT molecular complexity index is 374. The standard InChI is InChI=1S/C10H6F2O/c11-9-5-4-8(7-10(9)12)3-1-2-6-13/h4-7H,2H2. The fraction of sp³-hybridized carbons (Fsp3) is 0.100. The summed E-state index contributed by atoms with van der Waals surface area (Å²) in [4.78, 5) is 9.88. The van der Waals surface area contributed by atoms with Gasteiger partial charge >= 0.3 is 0 Å². The minimum Gasteiger partial charge on any atom is -0.302 e. The second-order valence-electron chi connectivity index (χ2n) is 2.30. The van der Waals surface area contributed by atoms with Crippen LogP contribution in [0.1, 0.15) is 12.0 Å². The van der Waals surface area contributed by atoms with Crippen molar-refractivity contribution in [3.63, 3.8) is 0 Å². The Balaban J connectivity index is 2.87. The molecule has 0 fully saturated rings. The van der Waals surface area contributed by atoms with Gasteiger partial charge in [-0.25, -0.2) is 8.78 Å². The lowest BCUT2D eigenvalue weighted by Gasteiger charge is -1.92. The van der Waals surface area contributed by atoms with E-state index in [0.717, 1.165) is 12.1 Å². The first-order valence-electron chi connectivity index (χ1n) is 3.61. The molecule has 0 spiro atoms. The van der Waals surface area contributed by atoms with E-state index in [9.17, 15) is 13.6 Å². The van der Waals surface area contributed by atoms with Crippen LogP contribution in [0.25, 0.3) is 0 Å². The molecule has 0 radical (unpaired) electrons.